The maximum Gasteiger partial charge on any atom is 0.485 e. The molecule has 0 fully saturated rings. The molecule has 1 rings (SSSR count). The monoisotopic (exact) mass is 259 g/mol. The van der Waals surface area contributed by atoms with E-state index >= 15 is 0 Å². The van der Waals surface area contributed by atoms with Gasteiger partial charge in [-0.25, -0.2) is 8.42 Å². The summed E-state index contributed by atoms with van der Waals surface area (Å²) < 4.78 is 58.9. The summed E-state index contributed by atoms with van der Waals surface area (Å²) in [6.07, 6.45) is 7.60. The number of rotatable bonds is 1. The van der Waals surface area contributed by atoms with E-state index in [1.54, 1.807) is 0 Å². The van der Waals surface area contributed by atoms with Crippen LogP contribution in [0.4, 0.5) is 13.2 Å². The molecule has 16 heavy (non-hydrogen) atoms. The van der Waals surface area contributed by atoms with E-state index in [1.807, 2.05) is 0 Å². The van der Waals surface area contributed by atoms with E-state index in [4.69, 9.17) is 13.0 Å². The van der Waals surface area contributed by atoms with E-state index in [1.165, 1.54) is 17.0 Å². The van der Waals surface area contributed by atoms with Crippen LogP contribution in [0.3, 0.4) is 0 Å². The molecule has 4 nitrogen and oxygen atoms in total. The summed E-state index contributed by atoms with van der Waals surface area (Å²) in [6.45, 7) is 2.18. The lowest BCUT2D eigenvalue weighted by Crippen LogP contribution is -3.01. The summed E-state index contributed by atoms with van der Waals surface area (Å²) in [6, 6.07) is 0. The zero-order chi connectivity index (χ0) is 13.0. The van der Waals surface area contributed by atoms with Crippen molar-refractivity contribution < 1.29 is 31.0 Å². The largest absolute Gasteiger partial charge is 0.741 e. The highest BCUT2D eigenvalue weighted by Gasteiger charge is 2.36. The molecule has 0 saturated carbocycles. The normalized spacial score (nSPS) is 20.1. The number of hydrogen-bond acceptors (Lipinski definition) is 3. The number of quaternary nitrogens is 1. The lowest BCUT2D eigenvalue weighted by Gasteiger charge is -2.08. The highest BCUT2D eigenvalue weighted by atomic mass is 32.2. The van der Waals surface area contributed by atoms with E-state index in [-0.39, 0.29) is 0 Å². The summed E-state index contributed by atoms with van der Waals surface area (Å²) in [4.78, 5) is 1.42. The van der Waals surface area contributed by atoms with Crippen molar-refractivity contribution >= 4 is 10.1 Å². The van der Waals surface area contributed by atoms with Crippen LogP contribution in [0.5, 0.6) is 0 Å². The Morgan fingerprint density at radius 1 is 1.44 bits per heavy atom. The second kappa shape index (κ2) is 5.46. The molecule has 0 amide bonds. The number of alkyl halides is 3. The second-order valence-corrected chi connectivity index (χ2v) is 4.36. The van der Waals surface area contributed by atoms with Crippen LogP contribution in [0.2, 0.25) is 0 Å². The maximum atomic E-state index is 10.7. The lowest BCUT2D eigenvalue weighted by molar-refractivity contribution is -0.780. The molecule has 0 aromatic heterocycles. The number of allylic oxidation sites excluding steroid dienone is 3. The van der Waals surface area contributed by atoms with Crippen molar-refractivity contribution in [2.45, 2.75) is 18.9 Å². The fraction of sp³-hybridized carbons (Fsp3) is 0.500. The van der Waals surface area contributed by atoms with Crippen molar-refractivity contribution in [3.8, 4) is 0 Å². The fourth-order valence-corrected chi connectivity index (χ4v) is 0.944. The van der Waals surface area contributed by atoms with Crippen molar-refractivity contribution in [1.82, 2.24) is 0 Å². The lowest BCUT2D eigenvalue weighted by atomic mass is 10.3. The molecule has 0 saturated heterocycles. The van der Waals surface area contributed by atoms with Crippen molar-refractivity contribution in [1.29, 1.82) is 0 Å². The molecule has 1 N–H and O–H groups in total. The van der Waals surface area contributed by atoms with Crippen LogP contribution >= 0.6 is 0 Å². The molecule has 1 aliphatic heterocycles. The first-order valence-corrected chi connectivity index (χ1v) is 5.73. The zero-order valence-corrected chi connectivity index (χ0v) is 9.52. The Labute approximate surface area is 91.8 Å². The molecule has 0 aromatic carbocycles. The van der Waals surface area contributed by atoms with Crippen LogP contribution in [-0.4, -0.2) is 25.5 Å². The summed E-state index contributed by atoms with van der Waals surface area (Å²) in [7, 11) is -3.94. The summed E-state index contributed by atoms with van der Waals surface area (Å²) >= 11 is 0. The zero-order valence-electron chi connectivity index (χ0n) is 8.71. The van der Waals surface area contributed by atoms with E-state index in [9.17, 15) is 13.2 Å². The van der Waals surface area contributed by atoms with Gasteiger partial charge in [0.2, 0.25) is 0 Å². The van der Waals surface area contributed by atoms with Crippen LogP contribution < -0.4 is 4.90 Å². The smallest absolute Gasteiger partial charge is 0.485 e. The van der Waals surface area contributed by atoms with Gasteiger partial charge in [-0.15, -0.1) is 0 Å². The quantitative estimate of drug-likeness (QED) is 0.547. The van der Waals surface area contributed by atoms with E-state index in [0.29, 0.717) is 0 Å². The molecule has 0 aromatic rings. The van der Waals surface area contributed by atoms with Crippen molar-refractivity contribution in [3.05, 3.63) is 24.0 Å². The Hall–Kier alpha value is -0.860. The third-order valence-corrected chi connectivity index (χ3v) is 2.38. The number of nitrogens with one attached hydrogen (secondary N) is 1. The Morgan fingerprint density at radius 2 is 1.88 bits per heavy atom. The van der Waals surface area contributed by atoms with Gasteiger partial charge in [0.15, 0.2) is 10.1 Å². The molecule has 1 aliphatic rings. The van der Waals surface area contributed by atoms with Gasteiger partial charge in [-0.05, 0) is 6.08 Å². The Bertz CT molecular complexity index is 384. The van der Waals surface area contributed by atoms with Crippen molar-refractivity contribution in [2.24, 2.45) is 0 Å². The first kappa shape index (κ1) is 15.1. The molecule has 0 spiro atoms. The van der Waals surface area contributed by atoms with E-state index in [0.717, 1.165) is 0 Å². The molecule has 1 unspecified atom stereocenters. The summed E-state index contributed by atoms with van der Waals surface area (Å²) in [5.74, 6) is 0. The Kier molecular flexibility index (Phi) is 5.17. The minimum absolute atomic E-state index is 1.17. The second-order valence-electron chi connectivity index (χ2n) is 2.99. The first-order valence-electron chi connectivity index (χ1n) is 4.33. The van der Waals surface area contributed by atoms with Gasteiger partial charge >= 0.3 is 5.51 Å². The minimum Gasteiger partial charge on any atom is -0.741 e. The Morgan fingerprint density at radius 3 is 2.00 bits per heavy atom. The van der Waals surface area contributed by atoms with E-state index in [2.05, 4.69) is 32.3 Å². The molecule has 8 heteroatoms. The average Bonchev–Trinajstić information content (AvgIpc) is 2.48. The SMILES string of the molecule is CCC1=CC=C[NH+]1C.O=S(=O)([O-])C(F)(F)F. The fourth-order valence-electron chi connectivity index (χ4n) is 0.944. The van der Waals surface area contributed by atoms with Crippen molar-refractivity contribution in [3.63, 3.8) is 0 Å². The van der Waals surface area contributed by atoms with Crippen LogP contribution in [0.15, 0.2) is 24.0 Å². The van der Waals surface area contributed by atoms with Crippen LogP contribution in [0.1, 0.15) is 13.3 Å². The summed E-state index contributed by atoms with van der Waals surface area (Å²) in [5.41, 5.74) is -4.17. The molecule has 0 aliphatic carbocycles. The molecular weight excluding hydrogens is 247 g/mol. The highest BCUT2D eigenvalue weighted by Crippen LogP contribution is 2.20. The van der Waals surface area contributed by atoms with Gasteiger partial charge in [-0.3, -0.25) is 4.90 Å². The third-order valence-electron chi connectivity index (χ3n) is 1.81. The molecule has 94 valence electrons. The minimum atomic E-state index is -6.09. The number of halogens is 3. The van der Waals surface area contributed by atoms with Crippen molar-refractivity contribution in [2.75, 3.05) is 7.05 Å². The first-order chi connectivity index (χ1) is 7.09. The highest BCUT2D eigenvalue weighted by molar-refractivity contribution is 7.86. The van der Waals surface area contributed by atoms with Gasteiger partial charge in [0.05, 0.1) is 13.2 Å². The van der Waals surface area contributed by atoms with E-state index < -0.39 is 15.6 Å². The average molecular weight is 259 g/mol. The van der Waals surface area contributed by atoms with Gasteiger partial charge < -0.3 is 4.55 Å². The predicted molar refractivity (Wildman–Crippen MR) is 50.2 cm³/mol. The molecule has 1 atom stereocenters. The van der Waals surface area contributed by atoms with Gasteiger partial charge in [0.1, 0.15) is 5.70 Å². The molecule has 0 radical (unpaired) electrons. The number of hydrogen-bond donors (Lipinski definition) is 1. The third kappa shape index (κ3) is 4.77. The van der Waals surface area contributed by atoms with Gasteiger partial charge in [0, 0.05) is 12.5 Å². The molecular formula is C8H12F3NO3S. The van der Waals surface area contributed by atoms with Gasteiger partial charge in [-0.1, -0.05) is 6.92 Å². The topological polar surface area (TPSA) is 61.6 Å². The van der Waals surface area contributed by atoms with Crippen LogP contribution in [0.25, 0.3) is 0 Å². The molecule has 0 bridgehead atoms. The Balaban J connectivity index is 0.000000281. The van der Waals surface area contributed by atoms with Gasteiger partial charge in [-0.2, -0.15) is 13.2 Å². The van der Waals surface area contributed by atoms with Crippen LogP contribution in [-0.2, 0) is 10.1 Å². The van der Waals surface area contributed by atoms with Crippen LogP contribution in [0, 0.1) is 0 Å². The molecule has 1 heterocycles. The standard InChI is InChI=1S/C7H11N.CHF3O3S/c1-3-7-5-4-6-8(7)2;2-1(3,4)8(5,6)7/h4-6H,3H2,1-2H3;(H,5,6,7). The summed E-state index contributed by atoms with van der Waals surface area (Å²) in [5, 5.41) is 0. The van der Waals surface area contributed by atoms with Gasteiger partial charge in [0.25, 0.3) is 0 Å². The predicted octanol–water partition coefficient (Wildman–Crippen LogP) is 0.374. The maximum absolute atomic E-state index is 10.7.